The maximum atomic E-state index is 12.6. The van der Waals surface area contributed by atoms with Crippen LogP contribution in [0.4, 0.5) is 0 Å². The standard InChI is InChI=1S/C21H22N2O2/c1-3-20(16-8-12-19(25-2)13-9-16)22-21(24)17-6-10-18(11-7-17)23-14-4-5-15-23/h4-15,20H,3H2,1-2H3,(H,22,24). The minimum Gasteiger partial charge on any atom is -0.497 e. The van der Waals surface area contributed by atoms with Crippen LogP contribution in [0.25, 0.3) is 5.69 Å². The van der Waals surface area contributed by atoms with Gasteiger partial charge in [0.1, 0.15) is 5.75 Å². The molecule has 0 saturated heterocycles. The molecular formula is C21H22N2O2. The maximum Gasteiger partial charge on any atom is 0.251 e. The van der Waals surface area contributed by atoms with Crippen LogP contribution >= 0.6 is 0 Å². The molecule has 4 nitrogen and oxygen atoms in total. The van der Waals surface area contributed by atoms with Crippen molar-refractivity contribution in [3.8, 4) is 11.4 Å². The SMILES string of the molecule is CCC(NC(=O)c1ccc(-n2cccc2)cc1)c1ccc(OC)cc1. The first-order valence-electron chi connectivity index (χ1n) is 8.39. The lowest BCUT2D eigenvalue weighted by Gasteiger charge is -2.18. The van der Waals surface area contributed by atoms with Crippen LogP contribution in [0.1, 0.15) is 35.3 Å². The van der Waals surface area contributed by atoms with E-state index in [0.717, 1.165) is 23.4 Å². The normalized spacial score (nSPS) is 11.8. The van der Waals surface area contributed by atoms with Crippen molar-refractivity contribution in [3.05, 3.63) is 84.2 Å². The first-order valence-corrected chi connectivity index (χ1v) is 8.39. The monoisotopic (exact) mass is 334 g/mol. The number of ether oxygens (including phenoxy) is 1. The summed E-state index contributed by atoms with van der Waals surface area (Å²) in [5.74, 6) is 0.743. The van der Waals surface area contributed by atoms with Gasteiger partial charge >= 0.3 is 0 Å². The highest BCUT2D eigenvalue weighted by Gasteiger charge is 2.14. The summed E-state index contributed by atoms with van der Waals surface area (Å²) in [6, 6.07) is 19.3. The van der Waals surface area contributed by atoms with Crippen molar-refractivity contribution >= 4 is 5.91 Å². The predicted molar refractivity (Wildman–Crippen MR) is 99.3 cm³/mol. The molecule has 3 aromatic rings. The Kier molecular flexibility index (Phi) is 5.19. The van der Waals surface area contributed by atoms with E-state index in [0.29, 0.717) is 5.56 Å². The molecule has 4 heteroatoms. The van der Waals surface area contributed by atoms with Gasteiger partial charge in [-0.15, -0.1) is 0 Å². The maximum absolute atomic E-state index is 12.6. The Morgan fingerprint density at radius 1 is 1.04 bits per heavy atom. The molecule has 0 saturated carbocycles. The Hall–Kier alpha value is -3.01. The third-order valence-corrected chi connectivity index (χ3v) is 4.26. The van der Waals surface area contributed by atoms with Crippen molar-refractivity contribution in [1.82, 2.24) is 9.88 Å². The third kappa shape index (κ3) is 3.91. The minimum atomic E-state index is -0.0678. The summed E-state index contributed by atoms with van der Waals surface area (Å²) in [5.41, 5.74) is 2.76. The molecule has 0 aliphatic carbocycles. The molecule has 1 aromatic heterocycles. The number of carbonyl (C=O) groups excluding carboxylic acids is 1. The van der Waals surface area contributed by atoms with Gasteiger partial charge in [-0.05, 0) is 60.5 Å². The van der Waals surface area contributed by atoms with Gasteiger partial charge in [0.15, 0.2) is 0 Å². The highest BCUT2D eigenvalue weighted by Crippen LogP contribution is 2.21. The van der Waals surface area contributed by atoms with Crippen LogP contribution in [0.15, 0.2) is 73.1 Å². The molecule has 1 heterocycles. The van der Waals surface area contributed by atoms with E-state index >= 15 is 0 Å². The lowest BCUT2D eigenvalue weighted by Crippen LogP contribution is -2.28. The Morgan fingerprint density at radius 3 is 2.24 bits per heavy atom. The fourth-order valence-electron chi connectivity index (χ4n) is 2.79. The van der Waals surface area contributed by atoms with Crippen LogP contribution < -0.4 is 10.1 Å². The van der Waals surface area contributed by atoms with Gasteiger partial charge in [-0.3, -0.25) is 4.79 Å². The van der Waals surface area contributed by atoms with Gasteiger partial charge in [0.2, 0.25) is 0 Å². The smallest absolute Gasteiger partial charge is 0.251 e. The molecule has 1 N–H and O–H groups in total. The number of hydrogen-bond acceptors (Lipinski definition) is 2. The number of hydrogen-bond donors (Lipinski definition) is 1. The van der Waals surface area contributed by atoms with Crippen LogP contribution in [0.3, 0.4) is 0 Å². The van der Waals surface area contributed by atoms with E-state index in [1.165, 1.54) is 0 Å². The number of methoxy groups -OCH3 is 1. The lowest BCUT2D eigenvalue weighted by atomic mass is 10.0. The molecular weight excluding hydrogens is 312 g/mol. The number of rotatable bonds is 6. The van der Waals surface area contributed by atoms with Gasteiger partial charge in [-0.1, -0.05) is 19.1 Å². The van der Waals surface area contributed by atoms with Gasteiger partial charge in [0, 0.05) is 23.6 Å². The molecule has 1 atom stereocenters. The number of benzene rings is 2. The van der Waals surface area contributed by atoms with E-state index in [2.05, 4.69) is 12.2 Å². The zero-order valence-corrected chi connectivity index (χ0v) is 14.5. The summed E-state index contributed by atoms with van der Waals surface area (Å²) in [6.07, 6.45) is 4.78. The van der Waals surface area contributed by atoms with Crippen LogP contribution in [0.5, 0.6) is 5.75 Å². The zero-order valence-electron chi connectivity index (χ0n) is 14.5. The molecule has 1 amide bonds. The van der Waals surface area contributed by atoms with Gasteiger partial charge in [-0.2, -0.15) is 0 Å². The van der Waals surface area contributed by atoms with Crippen LogP contribution in [-0.4, -0.2) is 17.6 Å². The molecule has 0 aliphatic heterocycles. The second-order valence-corrected chi connectivity index (χ2v) is 5.84. The van der Waals surface area contributed by atoms with Gasteiger partial charge in [-0.25, -0.2) is 0 Å². The van der Waals surface area contributed by atoms with Gasteiger partial charge in [0.05, 0.1) is 13.2 Å². The molecule has 3 rings (SSSR count). The zero-order chi connectivity index (χ0) is 17.6. The van der Waals surface area contributed by atoms with Crippen molar-refractivity contribution in [2.75, 3.05) is 7.11 Å². The Morgan fingerprint density at radius 2 is 1.68 bits per heavy atom. The third-order valence-electron chi connectivity index (χ3n) is 4.26. The van der Waals surface area contributed by atoms with E-state index in [9.17, 15) is 4.79 Å². The van der Waals surface area contributed by atoms with Crippen molar-refractivity contribution < 1.29 is 9.53 Å². The fraction of sp³-hybridized carbons (Fsp3) is 0.190. The molecule has 0 fully saturated rings. The molecule has 128 valence electrons. The summed E-state index contributed by atoms with van der Waals surface area (Å²) in [4.78, 5) is 12.6. The summed E-state index contributed by atoms with van der Waals surface area (Å²) < 4.78 is 7.19. The van der Waals surface area contributed by atoms with Gasteiger partial charge in [0.25, 0.3) is 5.91 Å². The van der Waals surface area contributed by atoms with Crippen molar-refractivity contribution in [2.45, 2.75) is 19.4 Å². The summed E-state index contributed by atoms with van der Waals surface area (Å²) in [6.45, 7) is 2.06. The first-order chi connectivity index (χ1) is 12.2. The molecule has 0 spiro atoms. The molecule has 0 aliphatic rings. The van der Waals surface area contributed by atoms with Crippen LogP contribution in [0, 0.1) is 0 Å². The molecule has 0 bridgehead atoms. The summed E-state index contributed by atoms with van der Waals surface area (Å²) in [7, 11) is 1.64. The Labute approximate surface area is 148 Å². The summed E-state index contributed by atoms with van der Waals surface area (Å²) >= 11 is 0. The van der Waals surface area contributed by atoms with Crippen molar-refractivity contribution in [1.29, 1.82) is 0 Å². The van der Waals surface area contributed by atoms with E-state index in [1.54, 1.807) is 7.11 Å². The largest absolute Gasteiger partial charge is 0.497 e. The lowest BCUT2D eigenvalue weighted by molar-refractivity contribution is 0.0935. The Balaban J connectivity index is 1.71. The highest BCUT2D eigenvalue weighted by molar-refractivity contribution is 5.94. The van der Waals surface area contributed by atoms with E-state index in [4.69, 9.17) is 4.74 Å². The molecule has 2 aromatic carbocycles. The second kappa shape index (κ2) is 7.71. The van der Waals surface area contributed by atoms with Crippen molar-refractivity contribution in [2.24, 2.45) is 0 Å². The second-order valence-electron chi connectivity index (χ2n) is 5.84. The highest BCUT2D eigenvalue weighted by atomic mass is 16.5. The quantitative estimate of drug-likeness (QED) is 0.727. The summed E-state index contributed by atoms with van der Waals surface area (Å²) in [5, 5.41) is 3.10. The number of nitrogens with one attached hydrogen (secondary N) is 1. The number of amides is 1. The van der Waals surface area contributed by atoms with Gasteiger partial charge < -0.3 is 14.6 Å². The topological polar surface area (TPSA) is 43.3 Å². The number of nitrogens with zero attached hydrogens (tertiary/aromatic N) is 1. The fourth-order valence-corrected chi connectivity index (χ4v) is 2.79. The van der Waals surface area contributed by atoms with Crippen LogP contribution in [0.2, 0.25) is 0 Å². The molecule has 25 heavy (non-hydrogen) atoms. The average Bonchev–Trinajstić information content (AvgIpc) is 3.21. The number of carbonyl (C=O) groups is 1. The van der Waals surface area contributed by atoms with E-state index in [1.807, 2.05) is 77.6 Å². The van der Waals surface area contributed by atoms with E-state index in [-0.39, 0.29) is 11.9 Å². The molecule has 1 unspecified atom stereocenters. The van der Waals surface area contributed by atoms with E-state index < -0.39 is 0 Å². The molecule has 0 radical (unpaired) electrons. The first kappa shape index (κ1) is 16.8. The number of aromatic nitrogens is 1. The van der Waals surface area contributed by atoms with Crippen molar-refractivity contribution in [3.63, 3.8) is 0 Å². The average molecular weight is 334 g/mol. The Bertz CT molecular complexity index is 806. The minimum absolute atomic E-state index is 0.0254. The van der Waals surface area contributed by atoms with Crippen LogP contribution in [-0.2, 0) is 0 Å². The predicted octanol–water partition coefficient (Wildman–Crippen LogP) is 4.37.